The lowest BCUT2D eigenvalue weighted by atomic mass is 9.83. The Morgan fingerprint density at radius 2 is 1.97 bits per heavy atom. The third kappa shape index (κ3) is 3.41. The van der Waals surface area contributed by atoms with Gasteiger partial charge in [-0.3, -0.25) is 4.79 Å². The highest BCUT2D eigenvalue weighted by atomic mass is 19.1. The molecule has 2 aromatic carbocycles. The number of ether oxygens (including phenoxy) is 1. The molecule has 5 nitrogen and oxygen atoms in total. The van der Waals surface area contributed by atoms with E-state index in [-0.39, 0.29) is 23.7 Å². The molecular weight excluding hydrogens is 369 g/mol. The average Bonchev–Trinajstić information content (AvgIpc) is 3.56. The highest BCUT2D eigenvalue weighted by molar-refractivity contribution is 5.83. The van der Waals surface area contributed by atoms with Crippen LogP contribution in [0.5, 0.6) is 5.75 Å². The molecule has 2 heterocycles. The van der Waals surface area contributed by atoms with Crippen LogP contribution >= 0.6 is 0 Å². The first kappa shape index (κ1) is 18.3. The molecule has 0 radical (unpaired) electrons. The third-order valence-electron chi connectivity index (χ3n) is 6.38. The Morgan fingerprint density at radius 3 is 2.72 bits per heavy atom. The smallest absolute Gasteiger partial charge is 0.225 e. The Balaban J connectivity index is 1.48. The molecule has 2 fully saturated rings. The van der Waals surface area contributed by atoms with Crippen LogP contribution in [0.1, 0.15) is 18.4 Å². The lowest BCUT2D eigenvalue weighted by Gasteiger charge is -2.49. The first-order valence-corrected chi connectivity index (χ1v) is 10.4. The van der Waals surface area contributed by atoms with Crippen LogP contribution in [-0.2, 0) is 11.2 Å². The minimum absolute atomic E-state index is 0.00159. The third-order valence-corrected chi connectivity index (χ3v) is 6.38. The second-order valence-electron chi connectivity index (χ2n) is 8.25. The van der Waals surface area contributed by atoms with Gasteiger partial charge < -0.3 is 19.9 Å². The van der Waals surface area contributed by atoms with E-state index in [2.05, 4.69) is 27.2 Å². The van der Waals surface area contributed by atoms with Crippen molar-refractivity contribution in [3.8, 4) is 5.75 Å². The average molecular weight is 395 g/mol. The summed E-state index contributed by atoms with van der Waals surface area (Å²) in [4.78, 5) is 17.5. The minimum Gasteiger partial charge on any atom is -0.497 e. The molecule has 3 aliphatic rings. The van der Waals surface area contributed by atoms with Gasteiger partial charge in [-0.15, -0.1) is 0 Å². The van der Waals surface area contributed by atoms with Crippen molar-refractivity contribution in [2.45, 2.75) is 31.3 Å². The molecule has 5 rings (SSSR count). The van der Waals surface area contributed by atoms with Crippen molar-refractivity contribution in [2.24, 2.45) is 5.92 Å². The summed E-state index contributed by atoms with van der Waals surface area (Å²) in [6.45, 7) is 2.08. The van der Waals surface area contributed by atoms with Crippen LogP contribution in [0.25, 0.3) is 0 Å². The van der Waals surface area contributed by atoms with Crippen molar-refractivity contribution in [2.75, 3.05) is 36.5 Å². The summed E-state index contributed by atoms with van der Waals surface area (Å²) in [5, 5.41) is 3.19. The first-order chi connectivity index (χ1) is 14.1. The number of para-hydroxylation sites is 1. The molecule has 0 aromatic heterocycles. The van der Waals surface area contributed by atoms with E-state index in [0.717, 1.165) is 30.8 Å². The van der Waals surface area contributed by atoms with Gasteiger partial charge in [-0.2, -0.15) is 0 Å². The summed E-state index contributed by atoms with van der Waals surface area (Å²) < 4.78 is 19.9. The lowest BCUT2D eigenvalue weighted by Crippen LogP contribution is -2.61. The van der Waals surface area contributed by atoms with Gasteiger partial charge in [-0.1, -0.05) is 18.2 Å². The number of nitrogens with one attached hydrogen (secondary N) is 1. The molecule has 1 amide bonds. The molecule has 1 saturated carbocycles. The van der Waals surface area contributed by atoms with Gasteiger partial charge in [0.05, 0.1) is 24.8 Å². The molecule has 2 atom stereocenters. The zero-order chi connectivity index (χ0) is 20.0. The Bertz CT molecular complexity index is 930. The predicted octanol–water partition coefficient (Wildman–Crippen LogP) is 2.98. The number of fused-ring (bicyclic) bond motifs is 3. The topological polar surface area (TPSA) is 44.8 Å². The van der Waals surface area contributed by atoms with Crippen molar-refractivity contribution < 1.29 is 13.9 Å². The van der Waals surface area contributed by atoms with Crippen LogP contribution in [0.3, 0.4) is 0 Å². The second kappa shape index (κ2) is 7.25. The molecule has 152 valence electrons. The first-order valence-electron chi connectivity index (χ1n) is 10.4. The molecular formula is C23H26FN3O2. The number of piperazine rings is 1. The van der Waals surface area contributed by atoms with Crippen molar-refractivity contribution in [1.29, 1.82) is 0 Å². The summed E-state index contributed by atoms with van der Waals surface area (Å²) in [5.74, 6) is 0.586. The summed E-state index contributed by atoms with van der Waals surface area (Å²) in [6, 6.07) is 13.3. The van der Waals surface area contributed by atoms with Crippen LogP contribution in [-0.4, -0.2) is 44.7 Å². The number of halogens is 1. The van der Waals surface area contributed by atoms with E-state index in [4.69, 9.17) is 4.74 Å². The van der Waals surface area contributed by atoms with Gasteiger partial charge in [0.1, 0.15) is 11.6 Å². The predicted molar refractivity (Wildman–Crippen MR) is 111 cm³/mol. The van der Waals surface area contributed by atoms with Gasteiger partial charge in [0.15, 0.2) is 0 Å². The second-order valence-corrected chi connectivity index (χ2v) is 8.25. The largest absolute Gasteiger partial charge is 0.497 e. The highest BCUT2D eigenvalue weighted by Gasteiger charge is 2.43. The van der Waals surface area contributed by atoms with Gasteiger partial charge in [-0.05, 0) is 43.0 Å². The number of amides is 1. The molecule has 6 heteroatoms. The van der Waals surface area contributed by atoms with Crippen molar-refractivity contribution in [3.63, 3.8) is 0 Å². The fourth-order valence-electron chi connectivity index (χ4n) is 4.67. The molecule has 1 aliphatic carbocycles. The number of hydrogen-bond donors (Lipinski definition) is 1. The lowest BCUT2D eigenvalue weighted by molar-refractivity contribution is -0.126. The van der Waals surface area contributed by atoms with Crippen LogP contribution < -0.4 is 19.9 Å². The number of carbonyl (C=O) groups excluding carboxylic acids is 1. The number of carbonyl (C=O) groups is 1. The van der Waals surface area contributed by atoms with E-state index >= 15 is 0 Å². The van der Waals surface area contributed by atoms with E-state index in [1.807, 2.05) is 18.2 Å². The monoisotopic (exact) mass is 395 g/mol. The number of benzene rings is 2. The van der Waals surface area contributed by atoms with Crippen molar-refractivity contribution >= 4 is 17.3 Å². The summed E-state index contributed by atoms with van der Waals surface area (Å²) in [6.07, 6.45) is 2.84. The van der Waals surface area contributed by atoms with Gasteiger partial charge in [0, 0.05) is 37.4 Å². The Labute approximate surface area is 170 Å². The summed E-state index contributed by atoms with van der Waals surface area (Å²) in [7, 11) is 1.67. The zero-order valence-electron chi connectivity index (χ0n) is 16.6. The summed E-state index contributed by atoms with van der Waals surface area (Å²) in [5.41, 5.74) is 2.93. The van der Waals surface area contributed by atoms with E-state index in [0.29, 0.717) is 31.2 Å². The fourth-order valence-corrected chi connectivity index (χ4v) is 4.67. The van der Waals surface area contributed by atoms with Gasteiger partial charge in [-0.25, -0.2) is 4.39 Å². The van der Waals surface area contributed by atoms with Crippen LogP contribution in [0.4, 0.5) is 15.8 Å². The fraction of sp³-hybridized carbons (Fsp3) is 0.435. The molecule has 29 heavy (non-hydrogen) atoms. The zero-order valence-corrected chi connectivity index (χ0v) is 16.6. The van der Waals surface area contributed by atoms with Gasteiger partial charge in [0.25, 0.3) is 0 Å². The number of methoxy groups -OCH3 is 1. The SMILES string of the molecule is COc1ccc2c(c1)N1CCN(c3ccccc3F)C[C@@H]1[C@H](C(=O)NC1CC1)C2. The maximum atomic E-state index is 14.4. The normalized spacial score (nSPS) is 23.2. The Kier molecular flexibility index (Phi) is 4.57. The Hall–Kier alpha value is -2.76. The number of nitrogens with zero attached hydrogens (tertiary/aromatic N) is 2. The maximum Gasteiger partial charge on any atom is 0.225 e. The van der Waals surface area contributed by atoms with Crippen LogP contribution in [0, 0.1) is 11.7 Å². The van der Waals surface area contributed by atoms with Crippen molar-refractivity contribution in [3.05, 3.63) is 53.8 Å². The molecule has 0 unspecified atom stereocenters. The molecule has 1 saturated heterocycles. The van der Waals surface area contributed by atoms with E-state index < -0.39 is 0 Å². The van der Waals surface area contributed by atoms with Gasteiger partial charge in [0.2, 0.25) is 5.91 Å². The Morgan fingerprint density at radius 1 is 1.14 bits per heavy atom. The molecule has 2 aromatic rings. The van der Waals surface area contributed by atoms with Crippen LogP contribution in [0.2, 0.25) is 0 Å². The number of hydrogen-bond acceptors (Lipinski definition) is 4. The molecule has 2 aliphatic heterocycles. The van der Waals surface area contributed by atoms with E-state index in [1.54, 1.807) is 13.2 Å². The minimum atomic E-state index is -0.210. The van der Waals surface area contributed by atoms with Gasteiger partial charge >= 0.3 is 0 Å². The van der Waals surface area contributed by atoms with Crippen LogP contribution in [0.15, 0.2) is 42.5 Å². The molecule has 0 spiro atoms. The highest BCUT2D eigenvalue weighted by Crippen LogP contribution is 2.39. The summed E-state index contributed by atoms with van der Waals surface area (Å²) >= 11 is 0. The van der Waals surface area contributed by atoms with E-state index in [1.165, 1.54) is 11.6 Å². The number of anilines is 2. The number of rotatable bonds is 4. The quantitative estimate of drug-likeness (QED) is 0.865. The van der Waals surface area contributed by atoms with Crippen molar-refractivity contribution in [1.82, 2.24) is 5.32 Å². The standard InChI is InChI=1S/C23H26FN3O2/c1-29-17-9-6-15-12-18(23(28)25-16-7-8-16)22-14-26(10-11-27(22)21(15)13-17)20-5-3-2-4-19(20)24/h2-6,9,13,16,18,22H,7-8,10-12,14H2,1H3,(H,25,28)/t18-,22-/m1/s1. The molecule has 1 N–H and O–H groups in total. The maximum absolute atomic E-state index is 14.4. The van der Waals surface area contributed by atoms with E-state index in [9.17, 15) is 9.18 Å². The molecule has 0 bridgehead atoms.